The molecule has 52 valence electrons. The molecule has 0 aromatic heterocycles. The van der Waals surface area contributed by atoms with Gasteiger partial charge in [0.2, 0.25) is 0 Å². The van der Waals surface area contributed by atoms with Crippen LogP contribution in [-0.2, 0) is 17.6 Å². The van der Waals surface area contributed by atoms with Crippen LogP contribution < -0.4 is 5.46 Å². The topological polar surface area (TPSA) is 17.1 Å². The molecule has 0 unspecified atom stereocenters. The molecule has 1 aliphatic carbocycles. The lowest BCUT2D eigenvalue weighted by atomic mass is 9.89. The summed E-state index contributed by atoms with van der Waals surface area (Å²) in [5.41, 5.74) is 2.90. The fraction of sp³-hybridized carbons (Fsp3) is 0.222. The van der Waals surface area contributed by atoms with Crippen molar-refractivity contribution in [3.8, 4) is 0 Å². The van der Waals surface area contributed by atoms with Crippen molar-refractivity contribution >= 4 is 19.1 Å². The Hall–Kier alpha value is -1.05. The number of fused-ring (bicyclic) bond motifs is 1. The highest BCUT2D eigenvalue weighted by atomic mass is 16.1. The molecule has 2 radical (unpaired) electrons. The molecule has 0 saturated carbocycles. The highest BCUT2D eigenvalue weighted by Gasteiger charge is 2.18. The normalized spacial score (nSPS) is 15.1. The number of carbonyl (C=O) groups is 1. The predicted octanol–water partition coefficient (Wildman–Crippen LogP) is 0.148. The average molecular weight is 142 g/mol. The van der Waals surface area contributed by atoms with Crippen LogP contribution in [0.3, 0.4) is 0 Å². The second-order valence-corrected chi connectivity index (χ2v) is 2.88. The molecule has 11 heavy (non-hydrogen) atoms. The molecule has 0 atom stereocenters. The molecule has 2 heteroatoms. The summed E-state index contributed by atoms with van der Waals surface area (Å²) in [4.78, 5) is 11.0. The molecule has 1 aromatic rings. The van der Waals surface area contributed by atoms with Gasteiger partial charge >= 0.3 is 0 Å². The lowest BCUT2D eigenvalue weighted by Crippen LogP contribution is -2.09. The summed E-state index contributed by atoms with van der Waals surface area (Å²) >= 11 is 0. The largest absolute Gasteiger partial charge is 0.299 e. The number of carbonyl (C=O) groups excluding carboxylic acids is 1. The molecule has 2 rings (SSSR count). The van der Waals surface area contributed by atoms with E-state index in [0.717, 1.165) is 16.6 Å². The molecule has 0 spiro atoms. The molecule has 0 saturated heterocycles. The van der Waals surface area contributed by atoms with Gasteiger partial charge < -0.3 is 0 Å². The number of hydrogen-bond donors (Lipinski definition) is 0. The third kappa shape index (κ3) is 0.986. The van der Waals surface area contributed by atoms with Crippen molar-refractivity contribution < 1.29 is 4.79 Å². The second-order valence-electron chi connectivity index (χ2n) is 2.88. The van der Waals surface area contributed by atoms with Crippen molar-refractivity contribution in [1.82, 2.24) is 0 Å². The molecular formula is C9H7BO. The summed E-state index contributed by atoms with van der Waals surface area (Å²) in [6.45, 7) is 0. The Labute approximate surface area is 66.8 Å². The van der Waals surface area contributed by atoms with Gasteiger partial charge in [0.25, 0.3) is 0 Å². The molecule has 0 aliphatic heterocycles. The Kier molecular flexibility index (Phi) is 1.35. The molecule has 1 aromatic carbocycles. The fourth-order valence-electron chi connectivity index (χ4n) is 1.51. The smallest absolute Gasteiger partial charge is 0.141 e. The Morgan fingerprint density at radius 2 is 2.09 bits per heavy atom. The fourth-order valence-corrected chi connectivity index (χ4v) is 1.51. The quantitative estimate of drug-likeness (QED) is 0.471. The van der Waals surface area contributed by atoms with Gasteiger partial charge in [0.05, 0.1) is 0 Å². The Morgan fingerprint density at radius 3 is 2.82 bits per heavy atom. The number of rotatable bonds is 0. The van der Waals surface area contributed by atoms with Gasteiger partial charge in [0, 0.05) is 12.8 Å². The Morgan fingerprint density at radius 1 is 1.27 bits per heavy atom. The monoisotopic (exact) mass is 142 g/mol. The standard InChI is InChI=1S/C9H7BO/c10-9-3-1-2-6-4-7(11)5-8(6)9/h1-3H,4-5H2. The van der Waals surface area contributed by atoms with Crippen LogP contribution in [0, 0.1) is 0 Å². The zero-order valence-electron chi connectivity index (χ0n) is 6.13. The van der Waals surface area contributed by atoms with Gasteiger partial charge in [-0.1, -0.05) is 23.7 Å². The minimum atomic E-state index is 0.276. The van der Waals surface area contributed by atoms with E-state index in [-0.39, 0.29) is 5.78 Å². The lowest BCUT2D eigenvalue weighted by molar-refractivity contribution is -0.117. The number of hydrogen-bond acceptors (Lipinski definition) is 1. The first-order valence-electron chi connectivity index (χ1n) is 3.65. The zero-order chi connectivity index (χ0) is 7.84. The van der Waals surface area contributed by atoms with Crippen molar-refractivity contribution in [2.75, 3.05) is 0 Å². The van der Waals surface area contributed by atoms with Crippen molar-refractivity contribution in [3.05, 3.63) is 29.3 Å². The summed E-state index contributed by atoms with van der Waals surface area (Å²) in [5, 5.41) is 0. The first kappa shape index (κ1) is 6.65. The maximum atomic E-state index is 11.0. The minimum absolute atomic E-state index is 0.276. The molecular weight excluding hydrogens is 135 g/mol. The molecule has 0 N–H and O–H groups in total. The van der Waals surface area contributed by atoms with Gasteiger partial charge in [-0.2, -0.15) is 0 Å². The Bertz CT molecular complexity index is 317. The third-order valence-corrected chi connectivity index (χ3v) is 2.07. The average Bonchev–Trinajstić information content (AvgIpc) is 2.31. The van der Waals surface area contributed by atoms with E-state index in [4.69, 9.17) is 7.85 Å². The first-order chi connectivity index (χ1) is 5.27. The SMILES string of the molecule is [B]c1cccc2c1CC(=O)C2. The molecule has 0 heterocycles. The maximum absolute atomic E-state index is 11.0. The number of benzene rings is 1. The molecule has 0 bridgehead atoms. The van der Waals surface area contributed by atoms with Gasteiger partial charge in [-0.25, -0.2) is 0 Å². The lowest BCUT2D eigenvalue weighted by Gasteiger charge is -2.00. The van der Waals surface area contributed by atoms with Crippen molar-refractivity contribution in [2.24, 2.45) is 0 Å². The summed E-state index contributed by atoms with van der Waals surface area (Å²) in [6, 6.07) is 5.71. The van der Waals surface area contributed by atoms with E-state index < -0.39 is 0 Å². The van der Waals surface area contributed by atoms with E-state index in [1.807, 2.05) is 18.2 Å². The highest BCUT2D eigenvalue weighted by molar-refractivity contribution is 6.34. The van der Waals surface area contributed by atoms with E-state index in [0.29, 0.717) is 12.8 Å². The van der Waals surface area contributed by atoms with Crippen LogP contribution in [-0.4, -0.2) is 13.6 Å². The Balaban J connectivity index is 2.57. The predicted molar refractivity (Wildman–Crippen MR) is 44.2 cm³/mol. The second kappa shape index (κ2) is 2.23. The highest BCUT2D eigenvalue weighted by Crippen LogP contribution is 2.16. The van der Waals surface area contributed by atoms with Gasteiger partial charge in [0.15, 0.2) is 0 Å². The summed E-state index contributed by atoms with van der Waals surface area (Å²) in [7, 11) is 5.68. The van der Waals surface area contributed by atoms with Gasteiger partial charge in [-0.3, -0.25) is 4.79 Å². The van der Waals surface area contributed by atoms with Gasteiger partial charge in [-0.15, -0.1) is 0 Å². The molecule has 1 nitrogen and oxygen atoms in total. The maximum Gasteiger partial charge on any atom is 0.141 e. The van der Waals surface area contributed by atoms with E-state index in [2.05, 4.69) is 0 Å². The van der Waals surface area contributed by atoms with Crippen LogP contribution in [0.5, 0.6) is 0 Å². The zero-order valence-corrected chi connectivity index (χ0v) is 6.13. The summed E-state index contributed by atoms with van der Waals surface area (Å²) in [6.07, 6.45) is 1.10. The first-order valence-corrected chi connectivity index (χ1v) is 3.65. The van der Waals surface area contributed by atoms with Crippen molar-refractivity contribution in [1.29, 1.82) is 0 Å². The van der Waals surface area contributed by atoms with Gasteiger partial charge in [0.1, 0.15) is 13.6 Å². The van der Waals surface area contributed by atoms with E-state index in [9.17, 15) is 4.79 Å². The van der Waals surface area contributed by atoms with Crippen LogP contribution >= 0.6 is 0 Å². The summed E-state index contributed by atoms with van der Waals surface area (Å²) in [5.74, 6) is 0.276. The molecule has 0 amide bonds. The molecule has 1 aliphatic rings. The minimum Gasteiger partial charge on any atom is -0.299 e. The van der Waals surface area contributed by atoms with Crippen LogP contribution in [0.15, 0.2) is 18.2 Å². The van der Waals surface area contributed by atoms with Crippen molar-refractivity contribution in [2.45, 2.75) is 12.8 Å². The van der Waals surface area contributed by atoms with Crippen LogP contribution in [0.1, 0.15) is 11.1 Å². The third-order valence-electron chi connectivity index (χ3n) is 2.07. The van der Waals surface area contributed by atoms with E-state index >= 15 is 0 Å². The van der Waals surface area contributed by atoms with E-state index in [1.54, 1.807) is 0 Å². The van der Waals surface area contributed by atoms with E-state index in [1.165, 1.54) is 0 Å². The van der Waals surface area contributed by atoms with Crippen LogP contribution in [0.2, 0.25) is 0 Å². The van der Waals surface area contributed by atoms with Crippen LogP contribution in [0.4, 0.5) is 0 Å². The van der Waals surface area contributed by atoms with Gasteiger partial charge in [-0.05, 0) is 11.1 Å². The number of ketones is 1. The number of Topliss-reactive ketones (excluding diaryl/α,β-unsaturated/α-hetero) is 1. The van der Waals surface area contributed by atoms with Crippen molar-refractivity contribution in [3.63, 3.8) is 0 Å². The summed E-state index contributed by atoms with van der Waals surface area (Å²) < 4.78 is 0. The molecule has 0 fully saturated rings. The van der Waals surface area contributed by atoms with Crippen LogP contribution in [0.25, 0.3) is 0 Å².